The zero-order valence-electron chi connectivity index (χ0n) is 22.0. The summed E-state index contributed by atoms with van der Waals surface area (Å²) < 4.78 is 24.2. The first-order valence-electron chi connectivity index (χ1n) is 13.2. The smallest absolute Gasteiger partial charge is 0.339 e. The Kier molecular flexibility index (Phi) is 4.74. The Morgan fingerprint density at radius 1 is 1.11 bits per heavy atom. The number of epoxide rings is 1. The predicted octanol–water partition coefficient (Wildman–Crippen LogP) is 4.95. The summed E-state index contributed by atoms with van der Waals surface area (Å²) in [7, 11) is 0. The highest BCUT2D eigenvalue weighted by Crippen LogP contribution is 2.79. The van der Waals surface area contributed by atoms with Crippen LogP contribution in [0.3, 0.4) is 0 Å². The van der Waals surface area contributed by atoms with Crippen LogP contribution in [0.25, 0.3) is 0 Å². The predicted molar refractivity (Wildman–Crippen MR) is 128 cm³/mol. The maximum atomic E-state index is 13.3. The van der Waals surface area contributed by atoms with Crippen molar-refractivity contribution < 1.29 is 33.0 Å². The minimum Gasteiger partial charge on any atom is -0.472 e. The van der Waals surface area contributed by atoms with Crippen LogP contribution < -0.4 is 0 Å². The van der Waals surface area contributed by atoms with E-state index in [1.54, 1.807) is 25.5 Å². The van der Waals surface area contributed by atoms with E-state index in [4.69, 9.17) is 18.6 Å². The lowest BCUT2D eigenvalue weighted by Gasteiger charge is -2.68. The van der Waals surface area contributed by atoms with Crippen LogP contribution in [-0.2, 0) is 28.6 Å². The summed E-state index contributed by atoms with van der Waals surface area (Å²) in [6, 6.07) is 1.85. The van der Waals surface area contributed by atoms with Crippen molar-refractivity contribution in [1.29, 1.82) is 0 Å². The van der Waals surface area contributed by atoms with Crippen LogP contribution in [0, 0.1) is 33.5 Å². The second-order valence-electron chi connectivity index (χ2n) is 12.8. The van der Waals surface area contributed by atoms with Crippen molar-refractivity contribution in [2.75, 3.05) is 0 Å². The van der Waals surface area contributed by atoms with Gasteiger partial charge in [-0.25, -0.2) is 4.79 Å². The van der Waals surface area contributed by atoms with Gasteiger partial charge in [-0.3, -0.25) is 9.59 Å². The zero-order valence-corrected chi connectivity index (χ0v) is 22.0. The van der Waals surface area contributed by atoms with Gasteiger partial charge in [0.25, 0.3) is 0 Å². The van der Waals surface area contributed by atoms with E-state index in [0.29, 0.717) is 6.42 Å². The molecule has 1 aromatic rings. The van der Waals surface area contributed by atoms with E-state index >= 15 is 0 Å². The molecule has 1 aromatic heterocycles. The average Bonchev–Trinajstić information content (AvgIpc) is 3.40. The topological polar surface area (TPSA) is 95.3 Å². The number of fused-ring (bicyclic) bond motifs is 3. The monoisotopic (exact) mass is 496 g/mol. The summed E-state index contributed by atoms with van der Waals surface area (Å²) >= 11 is 0. The minimum atomic E-state index is -0.855. The number of ketones is 1. The number of rotatable bonds is 3. The van der Waals surface area contributed by atoms with E-state index in [2.05, 4.69) is 26.8 Å². The number of cyclic esters (lactones) is 1. The van der Waals surface area contributed by atoms with Gasteiger partial charge in [-0.05, 0) is 48.7 Å². The summed E-state index contributed by atoms with van der Waals surface area (Å²) in [4.78, 5) is 39.1. The molecule has 3 heterocycles. The number of carbonyl (C=O) groups excluding carboxylic acids is 3. The van der Waals surface area contributed by atoms with Gasteiger partial charge in [0, 0.05) is 28.2 Å². The molecule has 2 saturated heterocycles. The molecule has 0 aromatic carbocycles. The molecule has 0 N–H and O–H groups in total. The number of furan rings is 1. The van der Waals surface area contributed by atoms with Gasteiger partial charge in [0.2, 0.25) is 0 Å². The second kappa shape index (κ2) is 7.12. The van der Waals surface area contributed by atoms with Gasteiger partial charge in [-0.1, -0.05) is 47.6 Å². The summed E-state index contributed by atoms with van der Waals surface area (Å²) in [6.07, 6.45) is 7.75. The molecule has 1 spiro atoms. The van der Waals surface area contributed by atoms with Crippen LogP contribution >= 0.6 is 0 Å². The highest BCUT2D eigenvalue weighted by molar-refractivity contribution is 5.95. The van der Waals surface area contributed by atoms with Crippen LogP contribution in [0.1, 0.15) is 78.9 Å². The first kappa shape index (κ1) is 24.0. The van der Waals surface area contributed by atoms with Gasteiger partial charge < -0.3 is 18.6 Å². The number of hydrogen-bond donors (Lipinski definition) is 0. The third-order valence-corrected chi connectivity index (χ3v) is 11.1. The molecule has 7 heteroatoms. The lowest BCUT2D eigenvalue weighted by atomic mass is 9.35. The Bertz CT molecular complexity index is 1170. The molecule has 9 atom stereocenters. The first-order valence-corrected chi connectivity index (χ1v) is 13.2. The molecule has 4 fully saturated rings. The van der Waals surface area contributed by atoms with E-state index < -0.39 is 40.2 Å². The largest absolute Gasteiger partial charge is 0.472 e. The summed E-state index contributed by atoms with van der Waals surface area (Å²) in [6.45, 7) is 12.4. The number of hydrogen-bond acceptors (Lipinski definition) is 7. The van der Waals surface area contributed by atoms with Crippen molar-refractivity contribution in [2.45, 2.75) is 91.1 Å². The van der Waals surface area contributed by atoms with Gasteiger partial charge in [-0.2, -0.15) is 0 Å². The Morgan fingerprint density at radius 2 is 1.86 bits per heavy atom. The quantitative estimate of drug-likeness (QED) is 0.431. The summed E-state index contributed by atoms with van der Waals surface area (Å²) in [5.41, 5.74) is -2.15. The highest BCUT2D eigenvalue weighted by atomic mass is 16.7. The Labute approximate surface area is 211 Å². The SMILES string of the molecule is CCC(=O)O[C@@H]1C[C@H]2C(C)(C)C(=O)C=C[C@]2(C)[C@H]2CC[C@@]3(C)[C@@H](c4ccoc4)OC(=O)[C@H]4O[C@]43[C@@]21C. The van der Waals surface area contributed by atoms with Gasteiger partial charge in [0.05, 0.1) is 12.5 Å². The average molecular weight is 497 g/mol. The molecule has 7 nitrogen and oxygen atoms in total. The normalized spacial score (nSPS) is 48.1. The fourth-order valence-electron chi connectivity index (χ4n) is 9.24. The molecule has 0 bridgehead atoms. The maximum absolute atomic E-state index is 13.3. The number of ether oxygens (including phenoxy) is 3. The lowest BCUT2D eigenvalue weighted by molar-refractivity contribution is -0.252. The molecule has 194 valence electrons. The summed E-state index contributed by atoms with van der Waals surface area (Å²) in [5.74, 6) is -0.507. The number of carbonyl (C=O) groups is 3. The third kappa shape index (κ3) is 2.55. The second-order valence-corrected chi connectivity index (χ2v) is 12.8. The van der Waals surface area contributed by atoms with Gasteiger partial charge >= 0.3 is 11.9 Å². The van der Waals surface area contributed by atoms with Crippen molar-refractivity contribution in [3.05, 3.63) is 36.3 Å². The first-order chi connectivity index (χ1) is 16.9. The Morgan fingerprint density at radius 3 is 2.53 bits per heavy atom. The molecule has 6 rings (SSSR count). The summed E-state index contributed by atoms with van der Waals surface area (Å²) in [5, 5.41) is 0. The molecule has 0 amide bonds. The van der Waals surface area contributed by atoms with Crippen LogP contribution in [-0.4, -0.2) is 35.5 Å². The molecular formula is C29H36O7. The van der Waals surface area contributed by atoms with Crippen molar-refractivity contribution in [3.63, 3.8) is 0 Å². The van der Waals surface area contributed by atoms with Gasteiger partial charge in [0.1, 0.15) is 17.8 Å². The zero-order chi connectivity index (χ0) is 25.9. The van der Waals surface area contributed by atoms with E-state index in [9.17, 15) is 14.4 Å². The molecule has 5 aliphatic rings. The third-order valence-electron chi connectivity index (χ3n) is 11.1. The maximum Gasteiger partial charge on any atom is 0.339 e. The van der Waals surface area contributed by atoms with Crippen LogP contribution in [0.15, 0.2) is 35.2 Å². The molecule has 2 aliphatic heterocycles. The molecule has 3 aliphatic carbocycles. The van der Waals surface area contributed by atoms with Crippen molar-refractivity contribution in [3.8, 4) is 0 Å². The minimum absolute atomic E-state index is 0.00611. The van der Waals surface area contributed by atoms with Gasteiger partial charge in [0.15, 0.2) is 11.9 Å². The number of esters is 2. The fourth-order valence-corrected chi connectivity index (χ4v) is 9.24. The standard InChI is InChI=1S/C29H36O7/c1-7-21(31)34-20-14-18-25(2,3)19(30)9-11-26(18,4)17-8-12-27(5)22(16-10-13-33-15-16)35-24(32)23-29(27,36-23)28(17,20)6/h9-11,13,15,17-18,20,22-23H,7-8,12,14H2,1-6H3/t17-,18+,20-,22-,23-,26-,27+,28+,29-/m1/s1. The molecule has 36 heavy (non-hydrogen) atoms. The Balaban J connectivity index is 1.55. The molecule has 0 unspecified atom stereocenters. The van der Waals surface area contributed by atoms with E-state index in [0.717, 1.165) is 18.4 Å². The fraction of sp³-hybridized carbons (Fsp3) is 0.690. The number of allylic oxidation sites excluding steroid dienone is 2. The molecule has 0 radical (unpaired) electrons. The van der Waals surface area contributed by atoms with E-state index in [-0.39, 0.29) is 41.4 Å². The Hall–Kier alpha value is -2.41. The van der Waals surface area contributed by atoms with Crippen molar-refractivity contribution in [2.24, 2.45) is 33.5 Å². The van der Waals surface area contributed by atoms with Crippen LogP contribution in [0.5, 0.6) is 0 Å². The van der Waals surface area contributed by atoms with Crippen molar-refractivity contribution in [1.82, 2.24) is 0 Å². The highest BCUT2D eigenvalue weighted by Gasteiger charge is 2.88. The van der Waals surface area contributed by atoms with E-state index in [1.807, 2.05) is 19.9 Å². The van der Waals surface area contributed by atoms with Crippen molar-refractivity contribution >= 4 is 17.7 Å². The van der Waals surface area contributed by atoms with E-state index in [1.165, 1.54) is 0 Å². The van der Waals surface area contributed by atoms with Gasteiger partial charge in [-0.15, -0.1) is 0 Å². The molecular weight excluding hydrogens is 460 g/mol. The van der Waals surface area contributed by atoms with Crippen LogP contribution in [0.4, 0.5) is 0 Å². The lowest BCUT2D eigenvalue weighted by Crippen LogP contribution is -2.72. The van der Waals surface area contributed by atoms with Crippen LogP contribution in [0.2, 0.25) is 0 Å². The molecule has 2 saturated carbocycles.